The lowest BCUT2D eigenvalue weighted by atomic mass is 9.88. The molecule has 0 fully saturated rings. The van der Waals surface area contributed by atoms with E-state index in [1.807, 2.05) is 0 Å². The summed E-state index contributed by atoms with van der Waals surface area (Å²) in [6.07, 6.45) is 2.29. The van der Waals surface area contributed by atoms with E-state index >= 15 is 0 Å². The molecule has 0 aromatic heterocycles. The van der Waals surface area contributed by atoms with Crippen molar-refractivity contribution >= 4 is 21.5 Å². The third kappa shape index (κ3) is 2.49. The predicted octanol–water partition coefficient (Wildman–Crippen LogP) is 6.92. The Labute approximate surface area is 143 Å². The maximum atomic E-state index is 2.36. The van der Waals surface area contributed by atoms with Gasteiger partial charge in [-0.3, -0.25) is 0 Å². The second kappa shape index (κ2) is 6.13. The normalized spacial score (nSPS) is 11.2. The summed E-state index contributed by atoms with van der Waals surface area (Å²) < 4.78 is 0. The van der Waals surface area contributed by atoms with Crippen molar-refractivity contribution in [2.75, 3.05) is 0 Å². The second-order valence-corrected chi connectivity index (χ2v) is 6.60. The van der Waals surface area contributed by atoms with Gasteiger partial charge in [0.15, 0.2) is 0 Å². The Hall–Kier alpha value is -2.60. The van der Waals surface area contributed by atoms with Crippen molar-refractivity contribution in [3.63, 3.8) is 0 Å². The van der Waals surface area contributed by atoms with Crippen LogP contribution in [0.4, 0.5) is 0 Å². The fourth-order valence-electron chi connectivity index (χ4n) is 3.75. The Balaban J connectivity index is 2.15. The average Bonchev–Trinajstić information content (AvgIpc) is 2.61. The molecule has 0 heteroatoms. The van der Waals surface area contributed by atoms with Crippen molar-refractivity contribution in [2.24, 2.45) is 0 Å². The van der Waals surface area contributed by atoms with Crippen LogP contribution in [0.15, 0.2) is 72.8 Å². The zero-order chi connectivity index (χ0) is 16.5. The summed E-state index contributed by atoms with van der Waals surface area (Å²) in [5.41, 5.74) is 5.56. The van der Waals surface area contributed by atoms with Gasteiger partial charge in [-0.2, -0.15) is 0 Å². The largest absolute Gasteiger partial charge is 0.0651 e. The summed E-state index contributed by atoms with van der Waals surface area (Å²) in [5, 5.41) is 5.32. The van der Waals surface area contributed by atoms with Crippen LogP contribution in [0, 0.1) is 6.92 Å². The molecule has 0 aliphatic carbocycles. The molecule has 0 radical (unpaired) electrons. The van der Waals surface area contributed by atoms with Gasteiger partial charge >= 0.3 is 0 Å². The van der Waals surface area contributed by atoms with Crippen molar-refractivity contribution < 1.29 is 0 Å². The van der Waals surface area contributed by atoms with Gasteiger partial charge in [-0.1, -0.05) is 85.6 Å². The molecule has 0 aliphatic rings. The van der Waals surface area contributed by atoms with Crippen LogP contribution in [0.3, 0.4) is 0 Å². The molecule has 0 atom stereocenters. The first kappa shape index (κ1) is 15.0. The summed E-state index contributed by atoms with van der Waals surface area (Å²) in [5.74, 6) is 0. The highest BCUT2D eigenvalue weighted by molar-refractivity contribution is 6.13. The molecular formula is C24H22. The molecular weight excluding hydrogens is 288 g/mol. The van der Waals surface area contributed by atoms with E-state index in [1.54, 1.807) is 0 Å². The van der Waals surface area contributed by atoms with E-state index in [2.05, 4.69) is 86.6 Å². The minimum absolute atomic E-state index is 1.12. The Morgan fingerprint density at radius 1 is 0.708 bits per heavy atom. The smallest absolute Gasteiger partial charge is 0.00240 e. The molecule has 0 spiro atoms. The molecule has 0 amide bonds. The van der Waals surface area contributed by atoms with Crippen LogP contribution in [0.2, 0.25) is 0 Å². The van der Waals surface area contributed by atoms with Gasteiger partial charge in [0, 0.05) is 0 Å². The van der Waals surface area contributed by atoms with Crippen LogP contribution < -0.4 is 0 Å². The molecule has 118 valence electrons. The maximum Gasteiger partial charge on any atom is -0.00240 e. The van der Waals surface area contributed by atoms with Crippen molar-refractivity contribution in [3.05, 3.63) is 83.9 Å². The van der Waals surface area contributed by atoms with Gasteiger partial charge in [-0.15, -0.1) is 0 Å². The summed E-state index contributed by atoms with van der Waals surface area (Å²) in [6.45, 7) is 4.44. The maximum absolute atomic E-state index is 2.36. The van der Waals surface area contributed by atoms with Crippen LogP contribution in [0.5, 0.6) is 0 Å². The monoisotopic (exact) mass is 310 g/mol. The summed E-state index contributed by atoms with van der Waals surface area (Å²) in [7, 11) is 0. The summed E-state index contributed by atoms with van der Waals surface area (Å²) in [4.78, 5) is 0. The minimum Gasteiger partial charge on any atom is -0.0651 e. The van der Waals surface area contributed by atoms with E-state index in [4.69, 9.17) is 0 Å². The predicted molar refractivity (Wildman–Crippen MR) is 106 cm³/mol. The van der Waals surface area contributed by atoms with Crippen LogP contribution in [-0.4, -0.2) is 0 Å². The van der Waals surface area contributed by atoms with Gasteiger partial charge in [0.1, 0.15) is 0 Å². The SMILES string of the molecule is CCCc1cc(C)ccc1-c1c2ccccc2cc2ccccc12. The lowest BCUT2D eigenvalue weighted by molar-refractivity contribution is 0.922. The first-order valence-electron chi connectivity index (χ1n) is 8.78. The third-order valence-electron chi connectivity index (χ3n) is 4.82. The number of hydrogen-bond acceptors (Lipinski definition) is 0. The van der Waals surface area contributed by atoms with E-state index in [0.717, 1.165) is 6.42 Å². The Kier molecular flexibility index (Phi) is 3.82. The van der Waals surface area contributed by atoms with E-state index in [0.29, 0.717) is 0 Å². The summed E-state index contributed by atoms with van der Waals surface area (Å²) >= 11 is 0. The topological polar surface area (TPSA) is 0 Å². The zero-order valence-corrected chi connectivity index (χ0v) is 14.3. The van der Waals surface area contributed by atoms with Crippen LogP contribution in [0.25, 0.3) is 32.7 Å². The molecule has 24 heavy (non-hydrogen) atoms. The highest BCUT2D eigenvalue weighted by Crippen LogP contribution is 2.38. The van der Waals surface area contributed by atoms with E-state index < -0.39 is 0 Å². The first-order valence-corrected chi connectivity index (χ1v) is 8.78. The first-order chi connectivity index (χ1) is 11.8. The van der Waals surface area contributed by atoms with E-state index in [9.17, 15) is 0 Å². The number of rotatable bonds is 3. The molecule has 0 unspecified atom stereocenters. The van der Waals surface area contributed by atoms with E-state index in [1.165, 1.54) is 50.2 Å². The molecule has 0 aliphatic heterocycles. The van der Waals surface area contributed by atoms with Crippen molar-refractivity contribution in [3.8, 4) is 11.1 Å². The van der Waals surface area contributed by atoms with Crippen molar-refractivity contribution in [2.45, 2.75) is 26.7 Å². The molecule has 0 N–H and O–H groups in total. The van der Waals surface area contributed by atoms with E-state index in [-0.39, 0.29) is 0 Å². The quantitative estimate of drug-likeness (QED) is 0.360. The fourth-order valence-corrected chi connectivity index (χ4v) is 3.75. The molecule has 0 heterocycles. The standard InChI is InChI=1S/C24H22/c1-3-8-18-15-17(2)13-14-23(18)24-21-11-6-4-9-19(21)16-20-10-5-7-12-22(20)24/h4-7,9-16H,3,8H2,1-2H3. The zero-order valence-electron chi connectivity index (χ0n) is 14.3. The molecule has 4 aromatic carbocycles. The van der Waals surface area contributed by atoms with Crippen LogP contribution in [0.1, 0.15) is 24.5 Å². The Morgan fingerprint density at radius 3 is 1.96 bits per heavy atom. The average molecular weight is 310 g/mol. The molecule has 0 nitrogen and oxygen atoms in total. The molecule has 0 saturated carbocycles. The number of fused-ring (bicyclic) bond motifs is 2. The van der Waals surface area contributed by atoms with Crippen molar-refractivity contribution in [1.82, 2.24) is 0 Å². The lowest BCUT2D eigenvalue weighted by Crippen LogP contribution is -1.93. The second-order valence-electron chi connectivity index (χ2n) is 6.60. The van der Waals surface area contributed by atoms with Gasteiger partial charge in [0.2, 0.25) is 0 Å². The van der Waals surface area contributed by atoms with Gasteiger partial charge in [0.25, 0.3) is 0 Å². The Bertz CT molecular complexity index is 970. The van der Waals surface area contributed by atoms with Crippen LogP contribution >= 0.6 is 0 Å². The molecule has 4 aromatic rings. The minimum atomic E-state index is 1.12. The lowest BCUT2D eigenvalue weighted by Gasteiger charge is -2.16. The highest BCUT2D eigenvalue weighted by Gasteiger charge is 2.12. The third-order valence-corrected chi connectivity index (χ3v) is 4.82. The molecule has 0 saturated heterocycles. The van der Waals surface area contributed by atoms with Gasteiger partial charge in [0.05, 0.1) is 0 Å². The summed E-state index contributed by atoms with van der Waals surface area (Å²) in [6, 6.07) is 26.7. The molecule has 4 rings (SSSR count). The highest BCUT2D eigenvalue weighted by atomic mass is 14.2. The van der Waals surface area contributed by atoms with Crippen molar-refractivity contribution in [1.29, 1.82) is 0 Å². The fraction of sp³-hybridized carbons (Fsp3) is 0.167. The van der Waals surface area contributed by atoms with Gasteiger partial charge < -0.3 is 0 Å². The van der Waals surface area contributed by atoms with Gasteiger partial charge in [-0.25, -0.2) is 0 Å². The Morgan fingerprint density at radius 2 is 1.33 bits per heavy atom. The number of aryl methyl sites for hydroxylation is 2. The number of hydrogen-bond donors (Lipinski definition) is 0. The number of benzene rings is 4. The molecule has 0 bridgehead atoms. The van der Waals surface area contributed by atoms with Gasteiger partial charge in [-0.05, 0) is 57.6 Å². The van der Waals surface area contributed by atoms with Crippen LogP contribution in [-0.2, 0) is 6.42 Å².